The summed E-state index contributed by atoms with van der Waals surface area (Å²) in [7, 11) is 1.21. The number of carbonyl (C=O) groups is 4. The van der Waals surface area contributed by atoms with Crippen LogP contribution in [0.5, 0.6) is 0 Å². The minimum Gasteiger partial charge on any atom is -0.467 e. The van der Waals surface area contributed by atoms with E-state index in [0.717, 1.165) is 27.8 Å². The lowest BCUT2D eigenvalue weighted by Crippen LogP contribution is -2.68. The largest absolute Gasteiger partial charge is 0.467 e. The van der Waals surface area contributed by atoms with Crippen molar-refractivity contribution in [3.63, 3.8) is 0 Å². The maximum Gasteiger partial charge on any atom is 0.408 e. The maximum absolute atomic E-state index is 14.0. The van der Waals surface area contributed by atoms with Gasteiger partial charge in [-0.25, -0.2) is 9.59 Å². The van der Waals surface area contributed by atoms with Gasteiger partial charge >= 0.3 is 12.1 Å². The lowest BCUT2D eigenvalue weighted by molar-refractivity contribution is -0.369. The number of hydrogen-bond acceptors (Lipinski definition) is 12. The predicted molar refractivity (Wildman–Crippen MR) is 256 cm³/mol. The van der Waals surface area contributed by atoms with Crippen molar-refractivity contribution in [2.24, 2.45) is 0 Å². The fraction of sp³-hybridized carbons (Fsp3) is 0.370. The van der Waals surface area contributed by atoms with Crippen LogP contribution in [-0.2, 0) is 80.6 Å². The standard InChI is InChI=1S/C54H63N3O12/c1-39(52(60)63-2)56-51(59)45(57-53(61)68-37-44-28-16-7-17-29-44)30-18-19-31-55-47(58)32-54(62)50(67-36-43-26-14-6-15-27-43)49(66-35-42-24-12-5-13-25-42)48(65-34-41-22-10-4-11-23-41)46(69-54)38-64-33-40-20-8-3-9-21-40/h3-17,20-29,39,45-46,48-50,62H,18-19,30-38H2,1-2H3,(H,55,58)(H,56,59)(H,57,61)/t39-,45-,46+,48-,49-,50+,54-/m0/s1. The molecule has 0 aromatic heterocycles. The Balaban J connectivity index is 1.17. The normalized spacial score (nSPS) is 19.6. The fourth-order valence-corrected chi connectivity index (χ4v) is 7.80. The van der Waals surface area contributed by atoms with Crippen LogP contribution in [0.1, 0.15) is 60.4 Å². The number of methoxy groups -OCH3 is 1. The Hall–Kier alpha value is -6.46. The Bertz CT molecular complexity index is 2300. The minimum absolute atomic E-state index is 0.0114. The van der Waals surface area contributed by atoms with Crippen LogP contribution in [-0.4, -0.2) is 91.5 Å². The highest BCUT2D eigenvalue weighted by molar-refractivity contribution is 5.89. The van der Waals surface area contributed by atoms with Crippen molar-refractivity contribution in [2.75, 3.05) is 20.3 Å². The molecular weight excluding hydrogens is 883 g/mol. The monoisotopic (exact) mass is 945 g/mol. The van der Waals surface area contributed by atoms with Gasteiger partial charge in [0.1, 0.15) is 43.1 Å². The molecule has 1 saturated heterocycles. The van der Waals surface area contributed by atoms with Gasteiger partial charge in [0, 0.05) is 6.54 Å². The summed E-state index contributed by atoms with van der Waals surface area (Å²) in [6.45, 7) is 2.24. The number of unbranched alkanes of at least 4 members (excludes halogenated alkanes) is 1. The molecule has 4 N–H and O–H groups in total. The topological polar surface area (TPSA) is 189 Å². The molecule has 0 spiro atoms. The molecule has 5 aromatic rings. The summed E-state index contributed by atoms with van der Waals surface area (Å²) in [5.74, 6) is -4.03. The molecule has 15 heteroatoms. The van der Waals surface area contributed by atoms with Crippen LogP contribution in [0, 0.1) is 0 Å². The molecule has 0 saturated carbocycles. The van der Waals surface area contributed by atoms with Crippen LogP contribution in [0.4, 0.5) is 4.79 Å². The molecule has 0 unspecified atom stereocenters. The lowest BCUT2D eigenvalue weighted by Gasteiger charge is -2.50. The van der Waals surface area contributed by atoms with Crippen LogP contribution in [0.15, 0.2) is 152 Å². The van der Waals surface area contributed by atoms with E-state index in [1.165, 1.54) is 14.0 Å². The quantitative estimate of drug-likeness (QED) is 0.0340. The molecule has 15 nitrogen and oxygen atoms in total. The molecule has 6 rings (SSSR count). The SMILES string of the molecule is COC(=O)[C@H](C)NC(=O)[C@H](CCCCNC(=O)C[C@]1(O)O[C@H](COCc2ccccc2)[C@H](OCc2ccccc2)[C@H](OCc2ccccc2)[C@H]1OCc1ccccc1)NC(=O)OCc1ccccc1. The Morgan fingerprint density at radius 2 is 1.10 bits per heavy atom. The van der Waals surface area contributed by atoms with Crippen molar-refractivity contribution in [1.82, 2.24) is 16.0 Å². The highest BCUT2D eigenvalue weighted by Gasteiger charge is 2.57. The van der Waals surface area contributed by atoms with Gasteiger partial charge < -0.3 is 54.2 Å². The van der Waals surface area contributed by atoms with E-state index in [1.54, 1.807) is 12.1 Å². The summed E-state index contributed by atoms with van der Waals surface area (Å²) in [5.41, 5.74) is 4.31. The van der Waals surface area contributed by atoms with E-state index in [1.807, 2.05) is 140 Å². The van der Waals surface area contributed by atoms with Gasteiger partial charge in [-0.05, 0) is 54.0 Å². The zero-order chi connectivity index (χ0) is 48.7. The van der Waals surface area contributed by atoms with E-state index >= 15 is 0 Å². The van der Waals surface area contributed by atoms with Gasteiger partial charge in [-0.3, -0.25) is 9.59 Å². The molecule has 1 aliphatic rings. The summed E-state index contributed by atoms with van der Waals surface area (Å²) < 4.78 is 43.0. The van der Waals surface area contributed by atoms with Crippen LogP contribution in [0.2, 0.25) is 0 Å². The number of amides is 3. The molecule has 69 heavy (non-hydrogen) atoms. The first kappa shape index (κ1) is 51.9. The summed E-state index contributed by atoms with van der Waals surface area (Å²) in [6.07, 6.45) is -4.43. The van der Waals surface area contributed by atoms with Crippen molar-refractivity contribution in [3.05, 3.63) is 179 Å². The third-order valence-electron chi connectivity index (χ3n) is 11.4. The molecule has 0 bridgehead atoms. The summed E-state index contributed by atoms with van der Waals surface area (Å²) >= 11 is 0. The third-order valence-corrected chi connectivity index (χ3v) is 11.4. The second kappa shape index (κ2) is 27.5. The van der Waals surface area contributed by atoms with E-state index in [9.17, 15) is 24.3 Å². The van der Waals surface area contributed by atoms with E-state index in [-0.39, 0.29) is 52.6 Å². The van der Waals surface area contributed by atoms with Gasteiger partial charge in [-0.1, -0.05) is 152 Å². The van der Waals surface area contributed by atoms with Crippen molar-refractivity contribution < 1.29 is 57.4 Å². The van der Waals surface area contributed by atoms with Gasteiger partial charge in [0.05, 0.1) is 46.6 Å². The molecule has 1 heterocycles. The molecule has 0 radical (unpaired) electrons. The summed E-state index contributed by atoms with van der Waals surface area (Å²) in [4.78, 5) is 52.2. The van der Waals surface area contributed by atoms with E-state index in [0.29, 0.717) is 12.8 Å². The molecule has 0 aliphatic carbocycles. The van der Waals surface area contributed by atoms with E-state index in [2.05, 4.69) is 16.0 Å². The molecule has 1 fully saturated rings. The minimum atomic E-state index is -2.24. The van der Waals surface area contributed by atoms with Gasteiger partial charge in [0.25, 0.3) is 0 Å². The van der Waals surface area contributed by atoms with Crippen molar-refractivity contribution in [2.45, 2.75) is 108 Å². The van der Waals surface area contributed by atoms with E-state index < -0.39 is 72.6 Å². The van der Waals surface area contributed by atoms with Gasteiger partial charge in [0.2, 0.25) is 17.6 Å². The number of nitrogens with one attached hydrogen (secondary N) is 3. The number of ether oxygens (including phenoxy) is 7. The maximum atomic E-state index is 14.0. The molecular formula is C54H63N3O12. The molecule has 3 amide bonds. The van der Waals surface area contributed by atoms with Gasteiger partial charge in [-0.15, -0.1) is 0 Å². The van der Waals surface area contributed by atoms with Gasteiger partial charge in [0.15, 0.2) is 0 Å². The number of alkyl carbamates (subject to hydrolysis) is 1. The smallest absolute Gasteiger partial charge is 0.408 e. The van der Waals surface area contributed by atoms with Crippen LogP contribution >= 0.6 is 0 Å². The summed E-state index contributed by atoms with van der Waals surface area (Å²) in [6, 6.07) is 45.4. The summed E-state index contributed by atoms with van der Waals surface area (Å²) in [5, 5.41) is 20.8. The highest BCUT2D eigenvalue weighted by Crippen LogP contribution is 2.38. The van der Waals surface area contributed by atoms with Crippen LogP contribution in [0.3, 0.4) is 0 Å². The van der Waals surface area contributed by atoms with Gasteiger partial charge in [-0.2, -0.15) is 0 Å². The van der Waals surface area contributed by atoms with Crippen molar-refractivity contribution >= 4 is 23.9 Å². The second-order valence-electron chi connectivity index (χ2n) is 16.8. The second-order valence-corrected chi connectivity index (χ2v) is 16.8. The lowest BCUT2D eigenvalue weighted by atomic mass is 9.89. The molecule has 5 aromatic carbocycles. The Kier molecular flexibility index (Phi) is 20.7. The number of hydrogen-bond donors (Lipinski definition) is 4. The average molecular weight is 946 g/mol. The zero-order valence-corrected chi connectivity index (χ0v) is 39.1. The van der Waals surface area contributed by atoms with E-state index in [4.69, 9.17) is 33.2 Å². The number of aliphatic hydroxyl groups is 1. The molecule has 366 valence electrons. The number of rotatable bonds is 26. The van der Waals surface area contributed by atoms with Crippen LogP contribution in [0.25, 0.3) is 0 Å². The fourth-order valence-electron chi connectivity index (χ4n) is 7.80. The highest BCUT2D eigenvalue weighted by atomic mass is 16.7. The Morgan fingerprint density at radius 1 is 0.623 bits per heavy atom. The first-order chi connectivity index (χ1) is 33.6. The zero-order valence-electron chi connectivity index (χ0n) is 39.1. The predicted octanol–water partition coefficient (Wildman–Crippen LogP) is 6.70. The van der Waals surface area contributed by atoms with Crippen molar-refractivity contribution in [3.8, 4) is 0 Å². The number of carbonyl (C=O) groups excluding carboxylic acids is 4. The molecule has 7 atom stereocenters. The number of esters is 1. The molecule has 1 aliphatic heterocycles. The van der Waals surface area contributed by atoms with Crippen LogP contribution < -0.4 is 16.0 Å². The van der Waals surface area contributed by atoms with Crippen molar-refractivity contribution in [1.29, 1.82) is 0 Å². The Labute approximate surface area is 403 Å². The first-order valence-electron chi connectivity index (χ1n) is 23.2. The number of benzene rings is 5. The first-order valence-corrected chi connectivity index (χ1v) is 23.2. The average Bonchev–Trinajstić information content (AvgIpc) is 3.37. The Morgan fingerprint density at radius 3 is 1.62 bits per heavy atom. The third kappa shape index (κ3) is 16.9.